The average molecular weight is 291 g/mol. The fraction of sp³-hybridized carbons (Fsp3) is 0.375. The Balaban J connectivity index is 2.61. The number of rotatable bonds is 5. The summed E-state index contributed by atoms with van der Waals surface area (Å²) in [6, 6.07) is 5.17. The van der Waals surface area contributed by atoms with E-state index in [0.717, 1.165) is 11.8 Å². The molecular formula is C16H21NO4. The van der Waals surface area contributed by atoms with E-state index < -0.39 is 11.7 Å². The normalized spacial score (nSPS) is 11.2. The van der Waals surface area contributed by atoms with Crippen LogP contribution in [-0.2, 0) is 4.74 Å². The molecule has 0 aromatic heterocycles. The molecule has 0 aliphatic heterocycles. The number of carbonyl (C=O) groups is 2. The summed E-state index contributed by atoms with van der Waals surface area (Å²) in [4.78, 5) is 22.4. The number of methoxy groups -OCH3 is 1. The summed E-state index contributed by atoms with van der Waals surface area (Å²) in [7, 11) is 1.56. The van der Waals surface area contributed by atoms with Gasteiger partial charge < -0.3 is 14.8 Å². The minimum atomic E-state index is -0.523. The minimum absolute atomic E-state index is 0.310. The molecule has 1 amide bonds. The third-order valence-electron chi connectivity index (χ3n) is 2.48. The molecule has 0 spiro atoms. The highest BCUT2D eigenvalue weighted by Gasteiger charge is 2.14. The standard InChI is InChI=1S/C16H21NO4/c1-16(2,3)21-15(19)17-9-5-6-12-10-14(20-4)8-7-13(12)11-18/h5-8,10-11H,9H2,1-4H3,(H,17,19). The molecule has 1 N–H and O–H groups in total. The van der Waals surface area contributed by atoms with Crippen molar-refractivity contribution >= 4 is 18.5 Å². The summed E-state index contributed by atoms with van der Waals surface area (Å²) in [5.41, 5.74) is 0.769. The lowest BCUT2D eigenvalue weighted by atomic mass is 10.1. The lowest BCUT2D eigenvalue weighted by Crippen LogP contribution is -2.32. The molecule has 0 bridgehead atoms. The number of carbonyl (C=O) groups excluding carboxylic acids is 2. The molecule has 0 heterocycles. The maximum atomic E-state index is 11.5. The van der Waals surface area contributed by atoms with Crippen molar-refractivity contribution in [1.82, 2.24) is 5.32 Å². The maximum absolute atomic E-state index is 11.5. The van der Waals surface area contributed by atoms with E-state index in [1.54, 1.807) is 58.2 Å². The van der Waals surface area contributed by atoms with Gasteiger partial charge in [-0.05, 0) is 44.5 Å². The Bertz CT molecular complexity index is 530. The number of nitrogens with one attached hydrogen (secondary N) is 1. The number of alkyl carbamates (subject to hydrolysis) is 1. The Morgan fingerprint density at radius 2 is 2.00 bits per heavy atom. The SMILES string of the molecule is COc1ccc(C=O)c(C=CCNC(=O)OC(C)(C)C)c1. The van der Waals surface area contributed by atoms with Crippen LogP contribution in [0.4, 0.5) is 4.79 Å². The van der Waals surface area contributed by atoms with Crippen molar-refractivity contribution in [3.63, 3.8) is 0 Å². The van der Waals surface area contributed by atoms with Crippen LogP contribution in [0.25, 0.3) is 6.08 Å². The zero-order valence-electron chi connectivity index (χ0n) is 12.8. The van der Waals surface area contributed by atoms with Gasteiger partial charge in [0.1, 0.15) is 11.4 Å². The molecule has 0 aliphatic carbocycles. The first-order valence-electron chi connectivity index (χ1n) is 6.62. The van der Waals surface area contributed by atoms with E-state index in [9.17, 15) is 9.59 Å². The molecule has 114 valence electrons. The second kappa shape index (κ2) is 7.47. The van der Waals surface area contributed by atoms with Crippen LogP contribution < -0.4 is 10.1 Å². The first kappa shape index (κ1) is 16.8. The zero-order chi connectivity index (χ0) is 15.9. The van der Waals surface area contributed by atoms with E-state index >= 15 is 0 Å². The first-order chi connectivity index (χ1) is 9.85. The molecule has 1 aromatic carbocycles. The lowest BCUT2D eigenvalue weighted by Gasteiger charge is -2.19. The van der Waals surface area contributed by atoms with Crippen molar-refractivity contribution < 1.29 is 19.1 Å². The lowest BCUT2D eigenvalue weighted by molar-refractivity contribution is 0.0534. The van der Waals surface area contributed by atoms with Crippen LogP contribution in [0.3, 0.4) is 0 Å². The van der Waals surface area contributed by atoms with Gasteiger partial charge in [0.25, 0.3) is 0 Å². The van der Waals surface area contributed by atoms with Crippen LogP contribution in [-0.4, -0.2) is 31.6 Å². The van der Waals surface area contributed by atoms with Crippen LogP contribution in [0.2, 0.25) is 0 Å². The Hall–Kier alpha value is -2.30. The summed E-state index contributed by atoms with van der Waals surface area (Å²) >= 11 is 0. The van der Waals surface area contributed by atoms with Gasteiger partial charge in [-0.15, -0.1) is 0 Å². The molecule has 0 saturated heterocycles. The highest BCUT2D eigenvalue weighted by molar-refractivity contribution is 5.82. The summed E-state index contributed by atoms with van der Waals surface area (Å²) in [5, 5.41) is 2.61. The number of amides is 1. The van der Waals surface area contributed by atoms with Gasteiger partial charge in [-0.3, -0.25) is 4.79 Å². The van der Waals surface area contributed by atoms with Crippen molar-refractivity contribution in [2.75, 3.05) is 13.7 Å². The van der Waals surface area contributed by atoms with Crippen LogP contribution in [0.1, 0.15) is 36.7 Å². The van der Waals surface area contributed by atoms with Crippen molar-refractivity contribution in [1.29, 1.82) is 0 Å². The summed E-state index contributed by atoms with van der Waals surface area (Å²) < 4.78 is 10.2. The highest BCUT2D eigenvalue weighted by Crippen LogP contribution is 2.17. The van der Waals surface area contributed by atoms with Gasteiger partial charge in [0.15, 0.2) is 6.29 Å². The molecule has 0 unspecified atom stereocenters. The molecule has 0 radical (unpaired) electrons. The number of ether oxygens (including phenoxy) is 2. The van der Waals surface area contributed by atoms with Crippen molar-refractivity contribution in [3.8, 4) is 5.75 Å². The van der Waals surface area contributed by atoms with Gasteiger partial charge in [0.2, 0.25) is 0 Å². The minimum Gasteiger partial charge on any atom is -0.497 e. The molecule has 1 aromatic rings. The highest BCUT2D eigenvalue weighted by atomic mass is 16.6. The number of aldehydes is 1. The van der Waals surface area contributed by atoms with Gasteiger partial charge in [-0.2, -0.15) is 0 Å². The van der Waals surface area contributed by atoms with Gasteiger partial charge >= 0.3 is 6.09 Å². The van der Waals surface area contributed by atoms with E-state index in [0.29, 0.717) is 17.9 Å². The van der Waals surface area contributed by atoms with Crippen molar-refractivity contribution in [2.24, 2.45) is 0 Å². The molecule has 5 nitrogen and oxygen atoms in total. The van der Waals surface area contributed by atoms with Crippen molar-refractivity contribution in [2.45, 2.75) is 26.4 Å². The van der Waals surface area contributed by atoms with Gasteiger partial charge in [-0.25, -0.2) is 4.79 Å². The van der Waals surface area contributed by atoms with E-state index in [-0.39, 0.29) is 0 Å². The quantitative estimate of drug-likeness (QED) is 0.847. The molecule has 0 aliphatic rings. The molecular weight excluding hydrogens is 270 g/mol. The maximum Gasteiger partial charge on any atom is 0.407 e. The number of benzene rings is 1. The summed E-state index contributed by atoms with van der Waals surface area (Å²) in [6.45, 7) is 5.71. The smallest absolute Gasteiger partial charge is 0.407 e. The summed E-state index contributed by atoms with van der Waals surface area (Å²) in [6.07, 6.45) is 3.80. The Labute approximate surface area is 124 Å². The topological polar surface area (TPSA) is 64.6 Å². The fourth-order valence-corrected chi connectivity index (χ4v) is 1.57. The largest absolute Gasteiger partial charge is 0.497 e. The number of hydrogen-bond donors (Lipinski definition) is 1. The van der Waals surface area contributed by atoms with E-state index in [4.69, 9.17) is 9.47 Å². The third-order valence-corrected chi connectivity index (χ3v) is 2.48. The fourth-order valence-electron chi connectivity index (χ4n) is 1.57. The third kappa shape index (κ3) is 6.12. The first-order valence-corrected chi connectivity index (χ1v) is 6.62. The van der Waals surface area contributed by atoms with Crippen LogP contribution in [0, 0.1) is 0 Å². The predicted octanol–water partition coefficient (Wildman–Crippen LogP) is 3.05. The molecule has 0 saturated carbocycles. The van der Waals surface area contributed by atoms with Gasteiger partial charge in [-0.1, -0.05) is 12.2 Å². The van der Waals surface area contributed by atoms with E-state index in [1.165, 1.54) is 0 Å². The van der Waals surface area contributed by atoms with Gasteiger partial charge in [0.05, 0.1) is 7.11 Å². The Morgan fingerprint density at radius 3 is 2.57 bits per heavy atom. The molecule has 1 rings (SSSR count). The molecule has 21 heavy (non-hydrogen) atoms. The van der Waals surface area contributed by atoms with Crippen LogP contribution in [0.15, 0.2) is 24.3 Å². The van der Waals surface area contributed by atoms with Crippen LogP contribution in [0.5, 0.6) is 5.75 Å². The van der Waals surface area contributed by atoms with Crippen molar-refractivity contribution in [3.05, 3.63) is 35.4 Å². The van der Waals surface area contributed by atoms with Gasteiger partial charge in [0, 0.05) is 12.1 Å². The summed E-state index contributed by atoms with van der Waals surface area (Å²) in [5.74, 6) is 0.667. The second-order valence-corrected chi connectivity index (χ2v) is 5.40. The molecule has 0 fully saturated rings. The average Bonchev–Trinajstić information content (AvgIpc) is 2.41. The molecule has 0 atom stereocenters. The Morgan fingerprint density at radius 1 is 1.29 bits per heavy atom. The monoisotopic (exact) mass is 291 g/mol. The molecule has 5 heteroatoms. The second-order valence-electron chi connectivity index (χ2n) is 5.40. The van der Waals surface area contributed by atoms with E-state index in [2.05, 4.69) is 5.32 Å². The predicted molar refractivity (Wildman–Crippen MR) is 81.7 cm³/mol. The Kier molecular flexibility index (Phi) is 5.96. The van der Waals surface area contributed by atoms with E-state index in [1.807, 2.05) is 0 Å². The zero-order valence-corrected chi connectivity index (χ0v) is 12.8. The number of hydrogen-bond acceptors (Lipinski definition) is 4. The van der Waals surface area contributed by atoms with Crippen LogP contribution >= 0.6 is 0 Å².